The second-order valence-corrected chi connectivity index (χ2v) is 3.15. The number of allylic oxidation sites excluding steroid dienone is 1. The van der Waals surface area contributed by atoms with E-state index in [4.69, 9.17) is 0 Å². The average Bonchev–Trinajstić information content (AvgIpc) is 2.84. The van der Waals surface area contributed by atoms with E-state index in [2.05, 4.69) is 4.74 Å². The first-order chi connectivity index (χ1) is 5.64. The molecule has 0 aromatic heterocycles. The number of carbonyl (C=O) groups is 2. The summed E-state index contributed by atoms with van der Waals surface area (Å²) in [7, 11) is 1.37. The molecule has 0 saturated heterocycles. The first-order valence-electron chi connectivity index (χ1n) is 3.88. The third kappa shape index (κ3) is 1.55. The predicted octanol–water partition coefficient (Wildman–Crippen LogP) is 1.08. The lowest BCUT2D eigenvalue weighted by Crippen LogP contribution is -2.15. The largest absolute Gasteiger partial charge is 0.468 e. The van der Waals surface area contributed by atoms with E-state index in [1.807, 2.05) is 0 Å². The first-order valence-corrected chi connectivity index (χ1v) is 3.88. The molecular weight excluding hydrogens is 156 g/mol. The van der Waals surface area contributed by atoms with Gasteiger partial charge in [-0.05, 0) is 25.3 Å². The van der Waals surface area contributed by atoms with E-state index in [0.717, 1.165) is 19.1 Å². The molecule has 0 unspecified atom stereocenters. The van der Waals surface area contributed by atoms with Crippen molar-refractivity contribution in [1.29, 1.82) is 0 Å². The Labute approximate surface area is 71.4 Å². The van der Waals surface area contributed by atoms with E-state index in [1.54, 1.807) is 13.0 Å². The molecule has 0 aromatic rings. The van der Waals surface area contributed by atoms with Crippen LogP contribution in [0.4, 0.5) is 0 Å². The number of esters is 1. The summed E-state index contributed by atoms with van der Waals surface area (Å²) in [6.45, 7) is 1.69. The van der Waals surface area contributed by atoms with Gasteiger partial charge in [-0.3, -0.25) is 9.59 Å². The van der Waals surface area contributed by atoms with E-state index >= 15 is 0 Å². The summed E-state index contributed by atoms with van der Waals surface area (Å²) >= 11 is 0. The molecule has 1 aliphatic carbocycles. The third-order valence-corrected chi connectivity index (χ3v) is 2.07. The van der Waals surface area contributed by atoms with Gasteiger partial charge in [-0.1, -0.05) is 6.08 Å². The van der Waals surface area contributed by atoms with Gasteiger partial charge in [-0.2, -0.15) is 0 Å². The van der Waals surface area contributed by atoms with Gasteiger partial charge >= 0.3 is 5.97 Å². The summed E-state index contributed by atoms with van der Waals surface area (Å²) in [5, 5.41) is 0. The lowest BCUT2D eigenvalue weighted by atomic mass is 10.0. The van der Waals surface area contributed by atoms with Crippen molar-refractivity contribution >= 4 is 12.3 Å². The number of hydrogen-bond acceptors (Lipinski definition) is 3. The fourth-order valence-corrected chi connectivity index (χ4v) is 1.22. The maximum Gasteiger partial charge on any atom is 0.315 e. The van der Waals surface area contributed by atoms with E-state index in [0.29, 0.717) is 5.57 Å². The smallest absolute Gasteiger partial charge is 0.315 e. The molecule has 0 heterocycles. The number of ether oxygens (including phenoxy) is 1. The Hall–Kier alpha value is -1.12. The zero-order valence-electron chi connectivity index (χ0n) is 7.29. The van der Waals surface area contributed by atoms with Crippen LogP contribution in [0.15, 0.2) is 11.6 Å². The van der Waals surface area contributed by atoms with Crippen LogP contribution in [0.5, 0.6) is 0 Å². The number of carbonyl (C=O) groups excluding carboxylic acids is 2. The Balaban J connectivity index is 2.73. The van der Waals surface area contributed by atoms with Crippen LogP contribution < -0.4 is 0 Å². The molecule has 1 fully saturated rings. The van der Waals surface area contributed by atoms with Crippen molar-refractivity contribution in [2.24, 2.45) is 5.41 Å². The van der Waals surface area contributed by atoms with Gasteiger partial charge in [-0.15, -0.1) is 0 Å². The number of methoxy groups -OCH3 is 1. The highest BCUT2D eigenvalue weighted by atomic mass is 16.5. The lowest BCUT2D eigenvalue weighted by Gasteiger charge is -2.06. The van der Waals surface area contributed by atoms with E-state index in [-0.39, 0.29) is 5.97 Å². The van der Waals surface area contributed by atoms with Crippen LogP contribution in [0, 0.1) is 5.41 Å². The highest BCUT2D eigenvalue weighted by molar-refractivity contribution is 5.84. The van der Waals surface area contributed by atoms with Crippen molar-refractivity contribution in [3.63, 3.8) is 0 Å². The second kappa shape index (κ2) is 3.09. The molecule has 1 saturated carbocycles. The van der Waals surface area contributed by atoms with Gasteiger partial charge in [0.25, 0.3) is 0 Å². The first kappa shape index (κ1) is 8.97. The molecule has 1 rings (SSSR count). The maximum atomic E-state index is 11.2. The van der Waals surface area contributed by atoms with Crippen LogP contribution in [0.25, 0.3) is 0 Å². The Bertz CT molecular complexity index is 236. The molecular formula is C9H12O3. The molecule has 0 bridgehead atoms. The fourth-order valence-electron chi connectivity index (χ4n) is 1.22. The minimum atomic E-state index is -0.472. The summed E-state index contributed by atoms with van der Waals surface area (Å²) in [5.41, 5.74) is 0.123. The third-order valence-electron chi connectivity index (χ3n) is 2.07. The summed E-state index contributed by atoms with van der Waals surface area (Å²) in [6, 6.07) is 0. The molecule has 0 amide bonds. The van der Waals surface area contributed by atoms with Crippen molar-refractivity contribution in [3.05, 3.63) is 11.6 Å². The van der Waals surface area contributed by atoms with Crippen LogP contribution in [0.2, 0.25) is 0 Å². The molecule has 0 N–H and O–H groups in total. The second-order valence-electron chi connectivity index (χ2n) is 3.15. The molecule has 12 heavy (non-hydrogen) atoms. The molecule has 0 aromatic carbocycles. The van der Waals surface area contributed by atoms with Crippen molar-refractivity contribution < 1.29 is 14.3 Å². The standard InChI is InChI=1S/C9H12O3/c1-7(6-10)5-9(3-4-9)8(11)12-2/h5-6H,3-4H2,1-2H3/b7-5+. The number of rotatable bonds is 3. The minimum absolute atomic E-state index is 0.233. The molecule has 3 nitrogen and oxygen atoms in total. The summed E-state index contributed by atoms with van der Waals surface area (Å²) in [5.74, 6) is -0.233. The molecule has 1 aliphatic rings. The molecule has 0 atom stereocenters. The van der Waals surface area contributed by atoms with Crippen molar-refractivity contribution in [2.45, 2.75) is 19.8 Å². The zero-order valence-corrected chi connectivity index (χ0v) is 7.29. The molecule has 0 spiro atoms. The normalized spacial score (nSPS) is 20.0. The van der Waals surface area contributed by atoms with Gasteiger partial charge in [-0.25, -0.2) is 0 Å². The summed E-state index contributed by atoms with van der Waals surface area (Å²) in [6.07, 6.45) is 4.05. The molecule has 0 aliphatic heterocycles. The van der Waals surface area contributed by atoms with Crippen LogP contribution in [0.1, 0.15) is 19.8 Å². The quantitative estimate of drug-likeness (QED) is 0.360. The number of hydrogen-bond donors (Lipinski definition) is 0. The summed E-state index contributed by atoms with van der Waals surface area (Å²) < 4.78 is 4.62. The highest BCUT2D eigenvalue weighted by Gasteiger charge is 2.49. The Morgan fingerprint density at radius 2 is 2.08 bits per heavy atom. The van der Waals surface area contributed by atoms with Crippen LogP contribution in [-0.4, -0.2) is 19.4 Å². The van der Waals surface area contributed by atoms with Crippen LogP contribution >= 0.6 is 0 Å². The van der Waals surface area contributed by atoms with Crippen molar-refractivity contribution in [3.8, 4) is 0 Å². The predicted molar refractivity (Wildman–Crippen MR) is 43.5 cm³/mol. The fraction of sp³-hybridized carbons (Fsp3) is 0.556. The Kier molecular flexibility index (Phi) is 2.31. The Morgan fingerprint density at radius 1 is 1.50 bits per heavy atom. The van der Waals surface area contributed by atoms with Gasteiger partial charge < -0.3 is 4.74 Å². The molecule has 3 heteroatoms. The average molecular weight is 168 g/mol. The van der Waals surface area contributed by atoms with Crippen molar-refractivity contribution in [2.75, 3.05) is 7.11 Å². The van der Waals surface area contributed by atoms with Crippen LogP contribution in [-0.2, 0) is 14.3 Å². The monoisotopic (exact) mass is 168 g/mol. The van der Waals surface area contributed by atoms with Gasteiger partial charge in [0.2, 0.25) is 0 Å². The van der Waals surface area contributed by atoms with Crippen LogP contribution in [0.3, 0.4) is 0 Å². The highest BCUT2D eigenvalue weighted by Crippen LogP contribution is 2.48. The SMILES string of the molecule is COC(=O)C1(/C=C(\C)C=O)CC1. The number of aldehydes is 1. The van der Waals surface area contributed by atoms with Gasteiger partial charge in [0, 0.05) is 0 Å². The van der Waals surface area contributed by atoms with Gasteiger partial charge in [0.1, 0.15) is 6.29 Å². The lowest BCUT2D eigenvalue weighted by molar-refractivity contribution is -0.145. The van der Waals surface area contributed by atoms with Gasteiger partial charge in [0.05, 0.1) is 12.5 Å². The maximum absolute atomic E-state index is 11.2. The van der Waals surface area contributed by atoms with Gasteiger partial charge in [0.15, 0.2) is 0 Å². The minimum Gasteiger partial charge on any atom is -0.468 e. The summed E-state index contributed by atoms with van der Waals surface area (Å²) in [4.78, 5) is 21.5. The van der Waals surface area contributed by atoms with Crippen molar-refractivity contribution in [1.82, 2.24) is 0 Å². The van der Waals surface area contributed by atoms with E-state index in [1.165, 1.54) is 7.11 Å². The molecule has 0 radical (unpaired) electrons. The van der Waals surface area contributed by atoms with E-state index < -0.39 is 5.41 Å². The zero-order chi connectivity index (χ0) is 9.19. The Morgan fingerprint density at radius 3 is 2.42 bits per heavy atom. The topological polar surface area (TPSA) is 43.4 Å². The van der Waals surface area contributed by atoms with E-state index in [9.17, 15) is 9.59 Å². The molecule has 66 valence electrons.